The first-order valence-corrected chi connectivity index (χ1v) is 13.0. The fraction of sp³-hybridized carbons (Fsp3) is 0.276. The molecule has 1 amide bonds. The molecule has 9 heteroatoms. The van der Waals surface area contributed by atoms with E-state index in [0.29, 0.717) is 46.2 Å². The number of fused-ring (bicyclic) bond motifs is 2. The Labute approximate surface area is 224 Å². The van der Waals surface area contributed by atoms with Crippen LogP contribution in [0.3, 0.4) is 0 Å². The van der Waals surface area contributed by atoms with Crippen LogP contribution in [-0.4, -0.2) is 42.6 Å². The van der Waals surface area contributed by atoms with Crippen LogP contribution in [0.1, 0.15) is 46.2 Å². The second kappa shape index (κ2) is 9.68. The Hall–Kier alpha value is -4.04. The summed E-state index contributed by atoms with van der Waals surface area (Å²) in [6.45, 7) is 5.09. The first-order chi connectivity index (χ1) is 18.5. The van der Waals surface area contributed by atoms with Gasteiger partial charge >= 0.3 is 5.97 Å². The average molecular weight is 532 g/mol. The van der Waals surface area contributed by atoms with E-state index in [-0.39, 0.29) is 23.3 Å². The van der Waals surface area contributed by atoms with Crippen molar-refractivity contribution in [1.82, 2.24) is 4.98 Å². The highest BCUT2D eigenvalue weighted by molar-refractivity contribution is 6.33. The van der Waals surface area contributed by atoms with Gasteiger partial charge in [-0.15, -0.1) is 0 Å². The second-order valence-corrected chi connectivity index (χ2v) is 9.81. The van der Waals surface area contributed by atoms with Gasteiger partial charge in [0.25, 0.3) is 5.91 Å². The van der Waals surface area contributed by atoms with Crippen molar-refractivity contribution >= 4 is 45.8 Å². The number of nitrogens with zero attached hydrogens (tertiary/aromatic N) is 3. The number of aromatic nitrogens is 1. The maximum Gasteiger partial charge on any atom is 0.374 e. The number of ether oxygens (including phenoxy) is 2. The molecule has 0 bridgehead atoms. The summed E-state index contributed by atoms with van der Waals surface area (Å²) < 4.78 is 17.0. The van der Waals surface area contributed by atoms with Gasteiger partial charge in [-0.05, 0) is 51.0 Å². The summed E-state index contributed by atoms with van der Waals surface area (Å²) in [4.78, 5) is 34.5. The third-order valence-electron chi connectivity index (χ3n) is 6.96. The Morgan fingerprint density at radius 3 is 2.66 bits per heavy atom. The molecule has 0 saturated heterocycles. The first-order valence-electron chi connectivity index (χ1n) is 12.7. The molecule has 2 aromatic heterocycles. The van der Waals surface area contributed by atoms with Gasteiger partial charge in [-0.3, -0.25) is 9.78 Å². The van der Waals surface area contributed by atoms with Gasteiger partial charge in [0.2, 0.25) is 5.76 Å². The van der Waals surface area contributed by atoms with Gasteiger partial charge in [-0.2, -0.15) is 0 Å². The van der Waals surface area contributed by atoms with Gasteiger partial charge < -0.3 is 23.7 Å². The van der Waals surface area contributed by atoms with Crippen LogP contribution in [0.25, 0.3) is 11.0 Å². The van der Waals surface area contributed by atoms with Gasteiger partial charge in [-0.25, -0.2) is 4.79 Å². The third kappa shape index (κ3) is 4.24. The van der Waals surface area contributed by atoms with Crippen molar-refractivity contribution in [2.24, 2.45) is 0 Å². The molecule has 0 spiro atoms. The fourth-order valence-corrected chi connectivity index (χ4v) is 5.14. The van der Waals surface area contributed by atoms with Crippen LogP contribution >= 0.6 is 11.6 Å². The van der Waals surface area contributed by atoms with Crippen LogP contribution in [0.15, 0.2) is 59.3 Å². The lowest BCUT2D eigenvalue weighted by molar-refractivity contribution is 0.0491. The highest BCUT2D eigenvalue weighted by Crippen LogP contribution is 2.42. The van der Waals surface area contributed by atoms with Crippen LogP contribution in [0, 0.1) is 6.92 Å². The number of aryl methyl sites for hydroxylation is 1. The molecule has 3 heterocycles. The van der Waals surface area contributed by atoms with Gasteiger partial charge in [0.1, 0.15) is 22.6 Å². The number of rotatable bonds is 6. The Kier molecular flexibility index (Phi) is 6.19. The number of esters is 1. The standard InChI is InChI=1S/C29H26ClN3O5/c1-3-36-29(35)27-17(2)19-14-26(21(30)15-25(19)38-27)37-24-10-11-31-16-20(24)28(34)33-13-12-32(18-8-9-18)22-6-4-5-7-23(22)33/h4-7,10-11,14-16,18H,3,8-9,12-13H2,1-2H3. The van der Waals surface area contributed by atoms with Crippen molar-refractivity contribution in [2.75, 3.05) is 29.5 Å². The minimum Gasteiger partial charge on any atom is -0.460 e. The summed E-state index contributed by atoms with van der Waals surface area (Å²) in [7, 11) is 0. The zero-order valence-corrected chi connectivity index (χ0v) is 21.8. The van der Waals surface area contributed by atoms with E-state index in [1.165, 1.54) is 19.0 Å². The zero-order valence-electron chi connectivity index (χ0n) is 21.1. The van der Waals surface area contributed by atoms with Crippen LogP contribution in [0.2, 0.25) is 5.02 Å². The van der Waals surface area contributed by atoms with E-state index >= 15 is 0 Å². The van der Waals surface area contributed by atoms with Crippen LogP contribution < -0.4 is 14.5 Å². The summed E-state index contributed by atoms with van der Waals surface area (Å²) in [6.07, 6.45) is 5.46. The van der Waals surface area contributed by atoms with Crippen molar-refractivity contribution in [1.29, 1.82) is 0 Å². The van der Waals surface area contributed by atoms with Gasteiger partial charge in [-0.1, -0.05) is 23.7 Å². The number of carbonyl (C=O) groups is 2. The number of benzene rings is 2. The van der Waals surface area contributed by atoms with Crippen LogP contribution in [0.5, 0.6) is 11.5 Å². The number of pyridine rings is 1. The summed E-state index contributed by atoms with van der Waals surface area (Å²) in [5.74, 6) is 0.0535. The number of hydrogen-bond donors (Lipinski definition) is 0. The van der Waals surface area contributed by atoms with Gasteiger partial charge in [0, 0.05) is 48.5 Å². The second-order valence-electron chi connectivity index (χ2n) is 9.40. The molecule has 2 aliphatic rings. The van der Waals surface area contributed by atoms with Crippen LogP contribution in [0.4, 0.5) is 11.4 Å². The van der Waals surface area contributed by atoms with Crippen molar-refractivity contribution in [3.63, 3.8) is 0 Å². The monoisotopic (exact) mass is 531 g/mol. The topological polar surface area (TPSA) is 85.1 Å². The molecular weight excluding hydrogens is 506 g/mol. The van der Waals surface area contributed by atoms with Gasteiger partial charge in [0.05, 0.1) is 23.0 Å². The van der Waals surface area contributed by atoms with Gasteiger partial charge in [0.15, 0.2) is 0 Å². The van der Waals surface area contributed by atoms with E-state index in [4.69, 9.17) is 25.5 Å². The van der Waals surface area contributed by atoms with E-state index in [2.05, 4.69) is 16.0 Å². The normalized spacial score (nSPS) is 14.9. The highest BCUT2D eigenvalue weighted by atomic mass is 35.5. The molecule has 8 nitrogen and oxygen atoms in total. The SMILES string of the molecule is CCOC(=O)c1oc2cc(Cl)c(Oc3ccncc3C(=O)N3CCN(C4CC4)c4ccccc43)cc2c1C. The first kappa shape index (κ1) is 24.3. The number of carbonyl (C=O) groups excluding carboxylic acids is 2. The number of anilines is 2. The molecule has 6 rings (SSSR count). The zero-order chi connectivity index (χ0) is 26.4. The predicted molar refractivity (Wildman–Crippen MR) is 145 cm³/mol. The number of amides is 1. The molecule has 1 aliphatic carbocycles. The molecule has 0 N–H and O–H groups in total. The molecule has 2 aromatic carbocycles. The largest absolute Gasteiger partial charge is 0.460 e. The molecule has 38 heavy (non-hydrogen) atoms. The summed E-state index contributed by atoms with van der Waals surface area (Å²) >= 11 is 6.54. The van der Waals surface area contributed by atoms with Crippen LogP contribution in [-0.2, 0) is 4.74 Å². The molecule has 0 atom stereocenters. The Morgan fingerprint density at radius 1 is 1.11 bits per heavy atom. The lowest BCUT2D eigenvalue weighted by Crippen LogP contribution is -2.45. The molecular formula is C29H26ClN3O5. The molecule has 4 aromatic rings. The van der Waals surface area contributed by atoms with E-state index in [9.17, 15) is 9.59 Å². The minimum atomic E-state index is -0.538. The fourth-order valence-electron chi connectivity index (χ4n) is 4.95. The molecule has 0 radical (unpaired) electrons. The lowest BCUT2D eigenvalue weighted by atomic mass is 10.1. The summed E-state index contributed by atoms with van der Waals surface area (Å²) in [6, 6.07) is 13.5. The molecule has 1 aliphatic heterocycles. The molecule has 1 fully saturated rings. The number of furan rings is 1. The van der Waals surface area contributed by atoms with E-state index in [1.54, 1.807) is 43.1 Å². The summed E-state index contributed by atoms with van der Waals surface area (Å²) in [5.41, 5.74) is 3.34. The van der Waals surface area contributed by atoms with E-state index in [0.717, 1.165) is 17.9 Å². The quantitative estimate of drug-likeness (QED) is 0.266. The molecule has 0 unspecified atom stereocenters. The molecule has 194 valence electrons. The van der Waals surface area contributed by atoms with E-state index < -0.39 is 5.97 Å². The number of halogens is 1. The van der Waals surface area contributed by atoms with E-state index in [1.807, 2.05) is 18.2 Å². The Morgan fingerprint density at radius 2 is 1.89 bits per heavy atom. The maximum atomic E-state index is 13.8. The molecule has 1 saturated carbocycles. The lowest BCUT2D eigenvalue weighted by Gasteiger charge is -2.38. The smallest absolute Gasteiger partial charge is 0.374 e. The highest BCUT2D eigenvalue weighted by Gasteiger charge is 2.36. The van der Waals surface area contributed by atoms with Crippen molar-refractivity contribution in [2.45, 2.75) is 32.7 Å². The Balaban J connectivity index is 1.33. The average Bonchev–Trinajstić information content (AvgIpc) is 3.72. The minimum absolute atomic E-state index is 0.124. The maximum absolute atomic E-state index is 13.8. The van der Waals surface area contributed by atoms with Crippen molar-refractivity contribution in [3.8, 4) is 11.5 Å². The number of hydrogen-bond acceptors (Lipinski definition) is 7. The summed E-state index contributed by atoms with van der Waals surface area (Å²) in [5, 5.41) is 0.944. The number of para-hydroxylation sites is 2. The predicted octanol–water partition coefficient (Wildman–Crippen LogP) is 6.39. The third-order valence-corrected chi connectivity index (χ3v) is 7.26. The Bertz CT molecular complexity index is 1560. The van der Waals surface area contributed by atoms with Crippen molar-refractivity contribution in [3.05, 3.63) is 76.8 Å². The van der Waals surface area contributed by atoms with Crippen molar-refractivity contribution < 1.29 is 23.5 Å².